The molecular weight excluding hydrogens is 895 g/mol. The normalized spacial score (nSPS) is 16.3. The molecule has 0 saturated carbocycles. The Balaban J connectivity index is 1.42. The molecule has 4 aromatic rings. The largest absolute Gasteiger partial charge is 0.496 e. The van der Waals surface area contributed by atoms with Crippen molar-refractivity contribution < 1.29 is 48.1 Å². The van der Waals surface area contributed by atoms with Crippen LogP contribution < -0.4 is 36.5 Å². The fourth-order valence-corrected chi connectivity index (χ4v) is 8.45. The van der Waals surface area contributed by atoms with Crippen molar-refractivity contribution in [3.63, 3.8) is 0 Å². The average molecular weight is 962 g/mol. The van der Waals surface area contributed by atoms with Gasteiger partial charge in [0.05, 0.1) is 14.2 Å². The number of carbonyl (C=O) groups excluding carboxylic acids is 6. The van der Waals surface area contributed by atoms with Crippen LogP contribution in [0.1, 0.15) is 99.8 Å². The second-order valence-electron chi connectivity index (χ2n) is 18.5. The van der Waals surface area contributed by atoms with Crippen LogP contribution in [0, 0.1) is 0 Å². The molecule has 5 rings (SSSR count). The maximum atomic E-state index is 14.8. The number of likely N-dealkylation sites (N-methyl/N-ethyl adjacent to an activating group) is 1. The molecule has 17 heteroatoms. The van der Waals surface area contributed by atoms with Crippen LogP contribution in [0.5, 0.6) is 11.5 Å². The van der Waals surface area contributed by atoms with Crippen molar-refractivity contribution in [2.75, 3.05) is 34.4 Å². The molecule has 0 spiro atoms. The number of unbranched alkanes of at least 4 members (excludes halogenated alkanes) is 1. The number of carbonyl (C=O) groups is 7. The van der Waals surface area contributed by atoms with Crippen LogP contribution >= 0.6 is 0 Å². The van der Waals surface area contributed by atoms with Crippen molar-refractivity contribution in [3.05, 3.63) is 107 Å². The number of hydrogen-bond donors (Lipinski definition) is 6. The SMILES string of the molecule is CCCc1ccc(-c2ccc(C(=O)NCCC(=O)NC(CCCCN(C(=O)O)C(C)(C)C)C(=O)N(C)[C@@H]3C(=O)N[C@@H](C)C(=O)N[C@H](C(N)=O)Cc4ccc(OC)c(c4)-c4cc3ccc4OC)cc2)cc1. The molecule has 4 bridgehead atoms. The molecule has 1 aliphatic heterocycles. The Morgan fingerprint density at radius 1 is 0.843 bits per heavy atom. The summed E-state index contributed by atoms with van der Waals surface area (Å²) in [5, 5.41) is 20.8. The molecule has 7 N–H and O–H groups in total. The summed E-state index contributed by atoms with van der Waals surface area (Å²) in [7, 11) is 4.38. The summed E-state index contributed by atoms with van der Waals surface area (Å²) in [4.78, 5) is 96.9. The van der Waals surface area contributed by atoms with Crippen LogP contribution in [0.25, 0.3) is 22.3 Å². The first-order valence-corrected chi connectivity index (χ1v) is 23.6. The number of aryl methyl sites for hydroxylation is 1. The molecular formula is C53H67N7O10. The maximum absolute atomic E-state index is 14.8. The second-order valence-corrected chi connectivity index (χ2v) is 18.5. The number of nitrogens with zero attached hydrogens (tertiary/aromatic N) is 2. The Kier molecular flexibility index (Phi) is 18.5. The monoisotopic (exact) mass is 961 g/mol. The third kappa shape index (κ3) is 13.9. The number of benzene rings is 4. The van der Waals surface area contributed by atoms with E-state index < -0.39 is 65.3 Å². The number of hydrogen-bond acceptors (Lipinski definition) is 9. The molecule has 1 aliphatic rings. The summed E-state index contributed by atoms with van der Waals surface area (Å²) in [6, 6.07) is 20.7. The smallest absolute Gasteiger partial charge is 0.407 e. The number of methoxy groups -OCH3 is 2. The van der Waals surface area contributed by atoms with E-state index in [1.807, 2.05) is 12.1 Å². The van der Waals surface area contributed by atoms with E-state index in [1.54, 1.807) is 69.3 Å². The predicted octanol–water partition coefficient (Wildman–Crippen LogP) is 5.77. The molecule has 1 unspecified atom stereocenters. The van der Waals surface area contributed by atoms with Crippen LogP contribution in [0.3, 0.4) is 0 Å². The molecule has 0 fully saturated rings. The number of nitrogens with one attached hydrogen (secondary N) is 4. The summed E-state index contributed by atoms with van der Waals surface area (Å²) in [6.45, 7) is 9.00. The van der Waals surface area contributed by atoms with Gasteiger partial charge in [-0.1, -0.05) is 61.9 Å². The summed E-state index contributed by atoms with van der Waals surface area (Å²) in [5.41, 5.74) is 10.6. The lowest BCUT2D eigenvalue weighted by Crippen LogP contribution is -2.55. The number of carboxylic acid groups (broad SMARTS) is 1. The molecule has 4 atom stereocenters. The van der Waals surface area contributed by atoms with Gasteiger partial charge in [-0.2, -0.15) is 0 Å². The van der Waals surface area contributed by atoms with E-state index in [2.05, 4.69) is 52.5 Å². The highest BCUT2D eigenvalue weighted by Gasteiger charge is 2.36. The molecule has 7 amide bonds. The first-order valence-electron chi connectivity index (χ1n) is 23.6. The van der Waals surface area contributed by atoms with Crippen molar-refractivity contribution in [2.45, 2.75) is 109 Å². The highest BCUT2D eigenvalue weighted by Crippen LogP contribution is 2.40. The average Bonchev–Trinajstić information content (AvgIpc) is 3.32. The molecule has 0 radical (unpaired) electrons. The van der Waals surface area contributed by atoms with E-state index in [4.69, 9.17) is 15.2 Å². The Hall–Kier alpha value is -7.43. The number of nitrogens with two attached hydrogens (primary N) is 1. The third-order valence-electron chi connectivity index (χ3n) is 12.3. The topological polar surface area (TPSA) is 239 Å². The molecule has 0 aliphatic carbocycles. The van der Waals surface area contributed by atoms with Gasteiger partial charge in [-0.3, -0.25) is 28.8 Å². The maximum Gasteiger partial charge on any atom is 0.407 e. The Bertz CT molecular complexity index is 2520. The van der Waals surface area contributed by atoms with E-state index in [1.165, 1.54) is 43.6 Å². The lowest BCUT2D eigenvalue weighted by molar-refractivity contribution is -0.143. The van der Waals surface area contributed by atoms with Crippen molar-refractivity contribution in [3.8, 4) is 33.8 Å². The van der Waals surface area contributed by atoms with Crippen LogP contribution in [0.4, 0.5) is 4.79 Å². The second kappa shape index (κ2) is 24.2. The van der Waals surface area contributed by atoms with Gasteiger partial charge < -0.3 is 51.4 Å². The summed E-state index contributed by atoms with van der Waals surface area (Å²) >= 11 is 0. The summed E-state index contributed by atoms with van der Waals surface area (Å²) in [5.74, 6) is -3.01. The minimum atomic E-state index is -1.40. The van der Waals surface area contributed by atoms with E-state index >= 15 is 0 Å². The first kappa shape index (κ1) is 53.5. The molecule has 0 aromatic heterocycles. The van der Waals surface area contributed by atoms with Gasteiger partial charge in [0.15, 0.2) is 0 Å². The molecule has 17 nitrogen and oxygen atoms in total. The van der Waals surface area contributed by atoms with Gasteiger partial charge in [0.25, 0.3) is 5.91 Å². The van der Waals surface area contributed by atoms with Gasteiger partial charge >= 0.3 is 6.09 Å². The number of fused-ring (bicyclic) bond motifs is 5. The van der Waals surface area contributed by atoms with Gasteiger partial charge in [0.1, 0.15) is 35.7 Å². The van der Waals surface area contributed by atoms with Gasteiger partial charge in [-0.15, -0.1) is 0 Å². The molecule has 1 heterocycles. The van der Waals surface area contributed by atoms with E-state index in [-0.39, 0.29) is 38.3 Å². The quantitative estimate of drug-likeness (QED) is 0.0658. The molecule has 4 aromatic carbocycles. The van der Waals surface area contributed by atoms with Gasteiger partial charge in [0, 0.05) is 55.2 Å². The summed E-state index contributed by atoms with van der Waals surface area (Å²) in [6.07, 6.45) is 1.51. The minimum absolute atomic E-state index is 0.0352. The van der Waals surface area contributed by atoms with Gasteiger partial charge in [0.2, 0.25) is 29.5 Å². The highest BCUT2D eigenvalue weighted by molar-refractivity contribution is 5.97. The van der Waals surface area contributed by atoms with Crippen molar-refractivity contribution in [1.29, 1.82) is 0 Å². The lowest BCUT2D eigenvalue weighted by atomic mass is 9.93. The van der Waals surface area contributed by atoms with Crippen LogP contribution in [0.2, 0.25) is 0 Å². The number of primary amides is 1. The van der Waals surface area contributed by atoms with Crippen LogP contribution in [0.15, 0.2) is 84.9 Å². The van der Waals surface area contributed by atoms with Crippen molar-refractivity contribution in [2.24, 2.45) is 5.73 Å². The molecule has 374 valence electrons. The Morgan fingerprint density at radius 2 is 1.46 bits per heavy atom. The Morgan fingerprint density at radius 3 is 2.04 bits per heavy atom. The number of rotatable bonds is 18. The number of amides is 7. The standard InChI is InChI=1S/C53H67N7O10/c1-9-12-33-14-17-35(18-15-33)36-19-21-37(22-20-36)49(64)55-27-26-45(61)57-41(13-10-11-28-60(52(67)68)53(3,4)5)51(66)59(6)46-38-23-25-44(70-8)40(31-38)39-29-34(16-24-43(39)69-7)30-42(47(54)62)58-48(63)32(2)56-50(46)65/h14-25,29,31-32,41-42,46H,9-13,26-28,30H2,1-8H3,(H2,54,62)(H,55,64)(H,56,65)(H,57,61)(H,58,63)(H,67,68)/t32-,41?,42-,46-/m0/s1. The van der Waals surface area contributed by atoms with Crippen molar-refractivity contribution in [1.82, 2.24) is 31.1 Å². The van der Waals surface area contributed by atoms with Crippen molar-refractivity contribution >= 4 is 41.5 Å². The number of ether oxygens (including phenoxy) is 2. The zero-order valence-electron chi connectivity index (χ0n) is 41.3. The lowest BCUT2D eigenvalue weighted by Gasteiger charge is -2.34. The van der Waals surface area contributed by atoms with E-state index in [0.29, 0.717) is 52.2 Å². The van der Waals surface area contributed by atoms with Crippen LogP contribution in [-0.2, 0) is 36.8 Å². The highest BCUT2D eigenvalue weighted by atomic mass is 16.5. The molecule has 70 heavy (non-hydrogen) atoms. The summed E-state index contributed by atoms with van der Waals surface area (Å²) < 4.78 is 11.5. The first-order chi connectivity index (χ1) is 33.2. The van der Waals surface area contributed by atoms with Gasteiger partial charge in [-0.05, 0) is 118 Å². The zero-order valence-corrected chi connectivity index (χ0v) is 41.3. The Labute approximate surface area is 409 Å². The zero-order chi connectivity index (χ0) is 51.3. The predicted molar refractivity (Wildman–Crippen MR) is 266 cm³/mol. The van der Waals surface area contributed by atoms with Gasteiger partial charge in [-0.25, -0.2) is 4.79 Å². The van der Waals surface area contributed by atoms with E-state index in [9.17, 15) is 38.7 Å². The minimum Gasteiger partial charge on any atom is -0.496 e. The van der Waals surface area contributed by atoms with Crippen LogP contribution in [-0.4, -0.2) is 114 Å². The third-order valence-corrected chi connectivity index (χ3v) is 12.3. The molecule has 0 saturated heterocycles. The fourth-order valence-electron chi connectivity index (χ4n) is 8.45. The fraction of sp³-hybridized carbons (Fsp3) is 0.415. The van der Waals surface area contributed by atoms with E-state index in [0.717, 1.165) is 24.0 Å².